The summed E-state index contributed by atoms with van der Waals surface area (Å²) in [6.45, 7) is 6.98. The molecule has 0 radical (unpaired) electrons. The van der Waals surface area contributed by atoms with Gasteiger partial charge in [-0.3, -0.25) is 0 Å². The lowest BCUT2D eigenvalue weighted by molar-refractivity contribution is -0.142. The molecule has 0 N–H and O–H groups in total. The van der Waals surface area contributed by atoms with E-state index in [1.165, 1.54) is 12.7 Å². The van der Waals surface area contributed by atoms with E-state index >= 15 is 0 Å². The van der Waals surface area contributed by atoms with Crippen molar-refractivity contribution in [3.63, 3.8) is 0 Å². The summed E-state index contributed by atoms with van der Waals surface area (Å²) in [5, 5.41) is 0. The quantitative estimate of drug-likeness (QED) is 0.547. The second-order valence-electron chi connectivity index (χ2n) is 5.26. The topological polar surface area (TPSA) is 17.1 Å². The third kappa shape index (κ3) is 0.826. The maximum absolute atomic E-state index is 10.7. The van der Waals surface area contributed by atoms with Crippen molar-refractivity contribution in [1.82, 2.24) is 0 Å². The van der Waals surface area contributed by atoms with Crippen molar-refractivity contribution >= 4 is 6.29 Å². The highest BCUT2D eigenvalue weighted by Crippen LogP contribution is 2.62. The molecule has 12 heavy (non-hydrogen) atoms. The highest BCUT2D eigenvalue weighted by Gasteiger charge is 2.55. The summed E-state index contributed by atoms with van der Waals surface area (Å²) in [5.74, 6) is 2.63. The van der Waals surface area contributed by atoms with Crippen molar-refractivity contribution in [2.75, 3.05) is 0 Å². The third-order valence-corrected chi connectivity index (χ3v) is 4.59. The van der Waals surface area contributed by atoms with Crippen LogP contribution in [0.4, 0.5) is 0 Å². The monoisotopic (exact) mass is 166 g/mol. The van der Waals surface area contributed by atoms with E-state index in [2.05, 4.69) is 20.8 Å². The maximum atomic E-state index is 10.7. The Labute approximate surface area is 74.5 Å². The summed E-state index contributed by atoms with van der Waals surface area (Å²) < 4.78 is 0. The van der Waals surface area contributed by atoms with E-state index in [4.69, 9.17) is 0 Å². The molecule has 68 valence electrons. The fraction of sp³-hybridized carbons (Fsp3) is 0.909. The molecule has 1 heteroatoms. The highest BCUT2D eigenvalue weighted by atomic mass is 16.1. The average Bonchev–Trinajstić information content (AvgIpc) is 2.03. The van der Waals surface area contributed by atoms with Crippen LogP contribution in [0.15, 0.2) is 0 Å². The van der Waals surface area contributed by atoms with Crippen molar-refractivity contribution < 1.29 is 4.79 Å². The van der Waals surface area contributed by atoms with Gasteiger partial charge < -0.3 is 4.79 Å². The van der Waals surface area contributed by atoms with Crippen LogP contribution < -0.4 is 0 Å². The number of hydrogen-bond donors (Lipinski definition) is 0. The normalized spacial score (nSPS) is 49.6. The number of carbonyl (C=O) groups excluding carboxylic acids is 1. The summed E-state index contributed by atoms with van der Waals surface area (Å²) in [6, 6.07) is 0. The Morgan fingerprint density at radius 1 is 1.33 bits per heavy atom. The Balaban J connectivity index is 2.16. The summed E-state index contributed by atoms with van der Waals surface area (Å²) in [6.07, 6.45) is 3.70. The largest absolute Gasteiger partial charge is 0.303 e. The van der Waals surface area contributed by atoms with Gasteiger partial charge in [0.2, 0.25) is 0 Å². The first-order valence-corrected chi connectivity index (χ1v) is 5.02. The van der Waals surface area contributed by atoms with Crippen LogP contribution in [-0.2, 0) is 4.79 Å². The van der Waals surface area contributed by atoms with Gasteiger partial charge >= 0.3 is 0 Å². The van der Waals surface area contributed by atoms with Gasteiger partial charge in [0.05, 0.1) is 0 Å². The zero-order chi connectivity index (χ0) is 8.93. The van der Waals surface area contributed by atoms with Crippen LogP contribution in [0.1, 0.15) is 33.6 Å². The van der Waals surface area contributed by atoms with Gasteiger partial charge in [0.25, 0.3) is 0 Å². The maximum Gasteiger partial charge on any atom is 0.123 e. The second kappa shape index (κ2) is 2.34. The number of fused-ring (bicyclic) bond motifs is 2. The molecule has 3 rings (SSSR count). The fourth-order valence-electron chi connectivity index (χ4n) is 3.37. The Morgan fingerprint density at radius 3 is 2.42 bits per heavy atom. The van der Waals surface area contributed by atoms with Gasteiger partial charge in [0.15, 0.2) is 0 Å². The lowest BCUT2D eigenvalue weighted by Crippen LogP contribution is -2.55. The zero-order valence-corrected chi connectivity index (χ0v) is 8.21. The van der Waals surface area contributed by atoms with Crippen LogP contribution in [0, 0.1) is 29.1 Å². The molecular formula is C11H18O. The molecule has 0 heterocycles. The summed E-state index contributed by atoms with van der Waals surface area (Å²) >= 11 is 0. The van der Waals surface area contributed by atoms with Crippen molar-refractivity contribution in [1.29, 1.82) is 0 Å². The lowest BCUT2D eigenvalue weighted by Gasteiger charge is -2.61. The molecule has 3 aliphatic carbocycles. The number of aldehydes is 1. The Hall–Kier alpha value is -0.330. The van der Waals surface area contributed by atoms with Gasteiger partial charge in [-0.05, 0) is 36.0 Å². The van der Waals surface area contributed by atoms with E-state index in [1.54, 1.807) is 0 Å². The Kier molecular flexibility index (Phi) is 1.61. The van der Waals surface area contributed by atoms with Gasteiger partial charge in [-0.1, -0.05) is 20.8 Å². The minimum atomic E-state index is 0.363. The smallest absolute Gasteiger partial charge is 0.123 e. The molecule has 3 fully saturated rings. The second-order valence-corrected chi connectivity index (χ2v) is 5.26. The van der Waals surface area contributed by atoms with Crippen molar-refractivity contribution in [3.8, 4) is 0 Å². The molecule has 0 unspecified atom stereocenters. The predicted octanol–water partition coefficient (Wildman–Crippen LogP) is 2.50. The molecule has 1 nitrogen and oxygen atoms in total. The summed E-state index contributed by atoms with van der Waals surface area (Å²) in [7, 11) is 0. The predicted molar refractivity (Wildman–Crippen MR) is 48.7 cm³/mol. The van der Waals surface area contributed by atoms with Crippen LogP contribution in [0.2, 0.25) is 0 Å². The Bertz CT molecular complexity index is 207. The number of rotatable bonds is 1. The van der Waals surface area contributed by atoms with Gasteiger partial charge in [0.1, 0.15) is 6.29 Å². The van der Waals surface area contributed by atoms with Crippen molar-refractivity contribution in [2.45, 2.75) is 33.6 Å². The average molecular weight is 166 g/mol. The molecule has 0 saturated heterocycles. The van der Waals surface area contributed by atoms with E-state index in [0.29, 0.717) is 17.3 Å². The van der Waals surface area contributed by atoms with E-state index < -0.39 is 0 Å². The molecule has 0 aromatic carbocycles. The van der Waals surface area contributed by atoms with Gasteiger partial charge in [0, 0.05) is 5.92 Å². The number of hydrogen-bond acceptors (Lipinski definition) is 1. The van der Waals surface area contributed by atoms with Crippen molar-refractivity contribution in [2.24, 2.45) is 29.1 Å². The van der Waals surface area contributed by atoms with E-state index in [-0.39, 0.29) is 0 Å². The third-order valence-electron chi connectivity index (χ3n) is 4.59. The van der Waals surface area contributed by atoms with Crippen LogP contribution in [0.3, 0.4) is 0 Å². The molecule has 0 aliphatic heterocycles. The Morgan fingerprint density at radius 2 is 2.00 bits per heavy atom. The molecule has 0 aromatic rings. The van der Waals surface area contributed by atoms with Crippen LogP contribution >= 0.6 is 0 Å². The zero-order valence-electron chi connectivity index (χ0n) is 8.21. The van der Waals surface area contributed by atoms with Crippen LogP contribution in [-0.4, -0.2) is 6.29 Å². The van der Waals surface area contributed by atoms with E-state index in [9.17, 15) is 4.79 Å². The lowest BCUT2D eigenvalue weighted by atomic mass is 9.44. The van der Waals surface area contributed by atoms with Crippen LogP contribution in [0.25, 0.3) is 0 Å². The van der Waals surface area contributed by atoms with E-state index in [1.807, 2.05) is 0 Å². The summed E-state index contributed by atoms with van der Waals surface area (Å²) in [5.41, 5.74) is 0.527. The first-order chi connectivity index (χ1) is 5.57. The molecule has 4 atom stereocenters. The van der Waals surface area contributed by atoms with Crippen LogP contribution in [0.5, 0.6) is 0 Å². The molecule has 0 amide bonds. The van der Waals surface area contributed by atoms with Gasteiger partial charge in [-0.15, -0.1) is 0 Å². The van der Waals surface area contributed by atoms with E-state index in [0.717, 1.165) is 18.3 Å². The number of carbonyl (C=O) groups is 1. The minimum Gasteiger partial charge on any atom is -0.303 e. The minimum absolute atomic E-state index is 0.363. The molecule has 0 spiro atoms. The molecule has 2 bridgehead atoms. The molecule has 3 saturated carbocycles. The molecular weight excluding hydrogens is 148 g/mol. The van der Waals surface area contributed by atoms with Crippen molar-refractivity contribution in [3.05, 3.63) is 0 Å². The first kappa shape index (κ1) is 8.28. The van der Waals surface area contributed by atoms with Gasteiger partial charge in [-0.2, -0.15) is 0 Å². The molecule has 0 aromatic heterocycles. The fourth-order valence-corrected chi connectivity index (χ4v) is 3.37. The first-order valence-electron chi connectivity index (χ1n) is 5.02. The SMILES string of the molecule is C[C@@H]1[C@H](C=O)C[C@@H]2C[C@@H]1C2(C)C. The standard InChI is InChI=1S/C11H18O/c1-7-8(6-12)4-9-5-10(7)11(9,2)3/h6-10H,4-5H2,1-3H3/t7-,8+,9-,10+/m1/s1. The summed E-state index contributed by atoms with van der Waals surface area (Å²) in [4.78, 5) is 10.7. The molecule has 3 aliphatic rings. The van der Waals surface area contributed by atoms with Gasteiger partial charge in [-0.25, -0.2) is 0 Å². The highest BCUT2D eigenvalue weighted by molar-refractivity contribution is 5.55.